The molecule has 2 aromatic heterocycles. The molecular weight excluding hydrogens is 613 g/mol. The lowest BCUT2D eigenvalue weighted by molar-refractivity contribution is -0.265. The molecule has 4 N–H and O–H groups in total. The molecule has 0 saturated heterocycles. The van der Waals surface area contributed by atoms with Gasteiger partial charge in [-0.1, -0.05) is 11.6 Å². The van der Waals surface area contributed by atoms with Crippen LogP contribution in [0, 0.1) is 5.82 Å². The Balaban J connectivity index is 1.41. The molecule has 44 heavy (non-hydrogen) atoms. The molecule has 4 aromatic rings. The van der Waals surface area contributed by atoms with Crippen LogP contribution in [0.1, 0.15) is 40.5 Å². The quantitative estimate of drug-likeness (QED) is 0.245. The lowest BCUT2D eigenvalue weighted by Crippen LogP contribution is -2.52. The number of rotatable bonds is 8. The zero-order valence-electron chi connectivity index (χ0n) is 22.6. The third-order valence-corrected chi connectivity index (χ3v) is 8.22. The number of aromatic nitrogens is 3. The average molecular weight is 636 g/mol. The monoisotopic (exact) mass is 635 g/mol. The van der Waals surface area contributed by atoms with Crippen LogP contribution in [0.3, 0.4) is 0 Å². The Morgan fingerprint density at radius 3 is 2.50 bits per heavy atom. The Morgan fingerprint density at radius 2 is 1.89 bits per heavy atom. The SMILES string of the molecule is NC(=O)[C@@]1(CF)COc2c1cc(C(O)(CNC(=O)c1cc(Cl)c3nn(C4CC4)cc3c1)C(F)(F)F)nc2-c1ccc(F)cc1. The van der Waals surface area contributed by atoms with E-state index >= 15 is 0 Å². The number of alkyl halides is 4. The molecule has 6 rings (SSSR count). The predicted molar refractivity (Wildman–Crippen MR) is 147 cm³/mol. The van der Waals surface area contributed by atoms with E-state index in [1.54, 1.807) is 10.9 Å². The van der Waals surface area contributed by atoms with Gasteiger partial charge in [0, 0.05) is 28.3 Å². The molecule has 2 aromatic carbocycles. The number of nitrogens with two attached hydrogens (primary N) is 1. The number of nitrogens with zero attached hydrogens (tertiary/aromatic N) is 3. The van der Waals surface area contributed by atoms with E-state index < -0.39 is 60.3 Å². The van der Waals surface area contributed by atoms with Crippen molar-refractivity contribution in [1.82, 2.24) is 20.1 Å². The van der Waals surface area contributed by atoms with Gasteiger partial charge in [-0.25, -0.2) is 13.8 Å². The molecule has 0 bridgehead atoms. The maximum atomic E-state index is 14.7. The van der Waals surface area contributed by atoms with E-state index in [1.807, 2.05) is 0 Å². The van der Waals surface area contributed by atoms with Crippen LogP contribution in [0.5, 0.6) is 5.75 Å². The lowest BCUT2D eigenvalue weighted by Gasteiger charge is -2.31. The van der Waals surface area contributed by atoms with Crippen LogP contribution in [0.15, 0.2) is 48.7 Å². The highest BCUT2D eigenvalue weighted by molar-refractivity contribution is 6.35. The summed E-state index contributed by atoms with van der Waals surface area (Å²) in [5.74, 6) is -3.12. The van der Waals surface area contributed by atoms with E-state index in [-0.39, 0.29) is 39.2 Å². The van der Waals surface area contributed by atoms with E-state index in [2.05, 4.69) is 15.4 Å². The summed E-state index contributed by atoms with van der Waals surface area (Å²) in [5, 5.41) is 18.3. The highest BCUT2D eigenvalue weighted by Gasteiger charge is 2.58. The fourth-order valence-corrected chi connectivity index (χ4v) is 5.38. The normalized spacial score (nSPS) is 19.3. The molecule has 9 nitrogen and oxygen atoms in total. The van der Waals surface area contributed by atoms with Crippen LogP contribution in [0.2, 0.25) is 5.02 Å². The van der Waals surface area contributed by atoms with E-state index in [0.717, 1.165) is 25.0 Å². The van der Waals surface area contributed by atoms with Crippen LogP contribution < -0.4 is 15.8 Å². The number of pyridine rings is 1. The van der Waals surface area contributed by atoms with Crippen molar-refractivity contribution in [2.24, 2.45) is 5.73 Å². The van der Waals surface area contributed by atoms with Crippen molar-refractivity contribution in [3.63, 3.8) is 0 Å². The highest BCUT2D eigenvalue weighted by atomic mass is 35.5. The highest BCUT2D eigenvalue weighted by Crippen LogP contribution is 2.48. The first kappa shape index (κ1) is 29.8. The second-order valence-electron chi connectivity index (χ2n) is 10.9. The number of halogens is 6. The van der Waals surface area contributed by atoms with Crippen molar-refractivity contribution >= 4 is 34.3 Å². The van der Waals surface area contributed by atoms with Crippen molar-refractivity contribution in [1.29, 1.82) is 0 Å². The maximum absolute atomic E-state index is 14.7. The van der Waals surface area contributed by atoms with Crippen molar-refractivity contribution in [3.8, 4) is 17.0 Å². The first-order valence-corrected chi connectivity index (χ1v) is 13.7. The maximum Gasteiger partial charge on any atom is 0.424 e. The predicted octanol–water partition coefficient (Wildman–Crippen LogP) is 4.49. The fraction of sp³-hybridized carbons (Fsp3) is 0.310. The number of fused-ring (bicyclic) bond motifs is 2. The zero-order chi connectivity index (χ0) is 31.6. The van der Waals surface area contributed by atoms with Gasteiger partial charge in [0.1, 0.15) is 41.5 Å². The van der Waals surface area contributed by atoms with Crippen molar-refractivity contribution in [2.75, 3.05) is 19.8 Å². The van der Waals surface area contributed by atoms with Gasteiger partial charge in [0.15, 0.2) is 0 Å². The zero-order valence-corrected chi connectivity index (χ0v) is 23.3. The minimum absolute atomic E-state index is 0.0480. The molecule has 1 unspecified atom stereocenters. The first-order valence-electron chi connectivity index (χ1n) is 13.3. The van der Waals surface area contributed by atoms with Crippen molar-refractivity contribution in [2.45, 2.75) is 36.1 Å². The Bertz CT molecular complexity index is 1810. The van der Waals surface area contributed by atoms with Gasteiger partial charge in [-0.3, -0.25) is 14.3 Å². The molecule has 1 aliphatic carbocycles. The third-order valence-electron chi connectivity index (χ3n) is 7.93. The van der Waals surface area contributed by atoms with Crippen LogP contribution in [-0.4, -0.2) is 57.7 Å². The van der Waals surface area contributed by atoms with Gasteiger partial charge < -0.3 is 20.9 Å². The van der Waals surface area contributed by atoms with Gasteiger partial charge in [0.05, 0.1) is 23.3 Å². The van der Waals surface area contributed by atoms with Crippen molar-refractivity contribution in [3.05, 3.63) is 76.3 Å². The van der Waals surface area contributed by atoms with E-state index in [4.69, 9.17) is 22.1 Å². The van der Waals surface area contributed by atoms with Gasteiger partial charge in [-0.05, 0) is 55.3 Å². The number of hydrogen-bond acceptors (Lipinski definition) is 6. The van der Waals surface area contributed by atoms with E-state index in [9.17, 15) is 36.6 Å². The fourth-order valence-electron chi connectivity index (χ4n) is 5.12. The third kappa shape index (κ3) is 4.81. The average Bonchev–Trinajstić information content (AvgIpc) is 3.62. The summed E-state index contributed by atoms with van der Waals surface area (Å²) in [6, 6.07) is 7.95. The molecule has 2 amide bonds. The number of carbonyl (C=O) groups is 2. The van der Waals surface area contributed by atoms with Gasteiger partial charge in [0.2, 0.25) is 11.5 Å². The molecule has 230 valence electrons. The first-order chi connectivity index (χ1) is 20.8. The molecular formula is C29H23ClF5N5O4. The van der Waals surface area contributed by atoms with Gasteiger partial charge in [-0.15, -0.1) is 0 Å². The Morgan fingerprint density at radius 1 is 1.18 bits per heavy atom. The minimum Gasteiger partial charge on any atom is -0.489 e. The number of benzene rings is 2. The Kier molecular flexibility index (Phi) is 7.04. The van der Waals surface area contributed by atoms with Crippen LogP contribution in [-0.2, 0) is 15.8 Å². The molecule has 3 heterocycles. The molecule has 0 radical (unpaired) electrons. The topological polar surface area (TPSA) is 132 Å². The van der Waals surface area contributed by atoms with E-state index in [0.29, 0.717) is 17.0 Å². The smallest absolute Gasteiger partial charge is 0.424 e. The molecule has 1 aliphatic heterocycles. The van der Waals surface area contributed by atoms with Crippen LogP contribution in [0.4, 0.5) is 22.0 Å². The van der Waals surface area contributed by atoms with Gasteiger partial charge in [0.25, 0.3) is 5.91 Å². The lowest BCUT2D eigenvalue weighted by atomic mass is 9.81. The number of hydrogen-bond donors (Lipinski definition) is 3. The number of aliphatic hydroxyl groups is 1. The summed E-state index contributed by atoms with van der Waals surface area (Å²) in [4.78, 5) is 29.5. The Hall–Kier alpha value is -4.30. The summed E-state index contributed by atoms with van der Waals surface area (Å²) in [7, 11) is 0. The number of amides is 2. The van der Waals surface area contributed by atoms with Crippen LogP contribution >= 0.6 is 11.6 Å². The number of carbonyl (C=O) groups excluding carboxylic acids is 2. The van der Waals surface area contributed by atoms with Crippen molar-refractivity contribution < 1.29 is 41.4 Å². The molecule has 2 aliphatic rings. The number of nitrogens with one attached hydrogen (secondary N) is 1. The molecule has 2 atom stereocenters. The van der Waals surface area contributed by atoms with E-state index in [1.165, 1.54) is 24.3 Å². The standard InChI is InChI=1S/C29H23ClF5N5O4/c30-20-8-15(7-16-10-40(18-5-6-18)39-22(16)20)25(41)37-12-28(43,29(33,34)35)21-9-19-24(44-13-27(19,11-31)26(36)42)23(38-21)14-1-3-17(32)4-2-14/h1-4,7-10,18,43H,5-6,11-13H2,(H2,36,42)(H,37,41)/t27-,28?/m0/s1. The summed E-state index contributed by atoms with van der Waals surface area (Å²) >= 11 is 6.31. The number of primary amides is 1. The van der Waals surface area contributed by atoms with Crippen LogP contribution in [0.25, 0.3) is 22.2 Å². The second kappa shape index (κ2) is 10.4. The summed E-state index contributed by atoms with van der Waals surface area (Å²) < 4.78 is 79.2. The van der Waals surface area contributed by atoms with Gasteiger partial charge in [-0.2, -0.15) is 18.3 Å². The summed E-state index contributed by atoms with van der Waals surface area (Å²) in [6.45, 7) is -3.50. The summed E-state index contributed by atoms with van der Waals surface area (Å²) in [6.07, 6.45) is -1.89. The molecule has 1 saturated carbocycles. The minimum atomic E-state index is -5.45. The molecule has 1 fully saturated rings. The molecule has 0 spiro atoms. The second-order valence-corrected chi connectivity index (χ2v) is 11.3. The summed E-state index contributed by atoms with van der Waals surface area (Å²) in [5.41, 5.74) is -1.97. The largest absolute Gasteiger partial charge is 0.489 e. The number of ether oxygens (including phenoxy) is 1. The van der Waals surface area contributed by atoms with Gasteiger partial charge >= 0.3 is 6.18 Å². The molecule has 15 heteroatoms. The Labute approximate surface area is 250 Å².